The Morgan fingerprint density at radius 1 is 0.857 bits per heavy atom. The Hall–Kier alpha value is -2.40. The summed E-state index contributed by atoms with van der Waals surface area (Å²) in [4.78, 5) is 0. The molecule has 0 atom stereocenters. The summed E-state index contributed by atoms with van der Waals surface area (Å²) in [5.74, 6) is 7.38. The third-order valence-electron chi connectivity index (χ3n) is 8.47. The number of allylic oxidation sites excluding steroid dienone is 1. The Kier molecular flexibility index (Phi) is 9.19. The molecule has 0 amide bonds. The Bertz CT molecular complexity index is 1000. The van der Waals surface area contributed by atoms with Gasteiger partial charge < -0.3 is 0 Å². The Labute approximate surface area is 211 Å². The lowest BCUT2D eigenvalue weighted by Gasteiger charge is -2.38. The van der Waals surface area contributed by atoms with E-state index in [1.165, 1.54) is 62.6 Å². The zero-order chi connectivity index (χ0) is 24.6. The summed E-state index contributed by atoms with van der Waals surface area (Å²) in [6, 6.07) is 11.0. The molecule has 2 fully saturated rings. The van der Waals surface area contributed by atoms with Gasteiger partial charge in [-0.15, -0.1) is 6.58 Å². The third kappa shape index (κ3) is 6.84. The predicted molar refractivity (Wildman–Crippen MR) is 142 cm³/mol. The lowest BCUT2D eigenvalue weighted by atomic mass is 9.68. The first-order valence-electron chi connectivity index (χ1n) is 13.8. The van der Waals surface area contributed by atoms with Crippen LogP contribution in [0.2, 0.25) is 0 Å². The topological polar surface area (TPSA) is 0 Å². The maximum absolute atomic E-state index is 14.9. The first kappa shape index (κ1) is 25.7. The van der Waals surface area contributed by atoms with Gasteiger partial charge in [-0.2, -0.15) is 0 Å². The molecule has 0 nitrogen and oxygen atoms in total. The monoisotopic (exact) mass is 474 g/mol. The molecule has 2 aliphatic rings. The van der Waals surface area contributed by atoms with Gasteiger partial charge in [0.25, 0.3) is 0 Å². The highest BCUT2D eigenvalue weighted by Gasteiger charge is 2.31. The van der Waals surface area contributed by atoms with E-state index in [0.717, 1.165) is 61.0 Å². The van der Waals surface area contributed by atoms with E-state index < -0.39 is 11.6 Å². The predicted octanol–water partition coefficient (Wildman–Crippen LogP) is 9.36. The Morgan fingerprint density at radius 3 is 2.03 bits per heavy atom. The number of hydrogen-bond acceptors (Lipinski definition) is 0. The SMILES string of the molecule is C=CCC[C@H]1CC[C@H]([C@H]2CC[C@H](c3cc(F)c(C#Cc4ccc(CCC)cc4)c(F)c3)CC2)CC1. The molecule has 186 valence electrons. The molecule has 0 heterocycles. The van der Waals surface area contributed by atoms with E-state index in [2.05, 4.69) is 25.3 Å². The molecule has 2 heteroatoms. The van der Waals surface area contributed by atoms with E-state index in [4.69, 9.17) is 0 Å². The normalized spacial score (nSPS) is 24.4. The molecule has 35 heavy (non-hydrogen) atoms. The van der Waals surface area contributed by atoms with Crippen molar-refractivity contribution in [3.63, 3.8) is 0 Å². The second-order valence-corrected chi connectivity index (χ2v) is 10.8. The summed E-state index contributed by atoms with van der Waals surface area (Å²) >= 11 is 0. The van der Waals surface area contributed by atoms with Crippen molar-refractivity contribution in [1.29, 1.82) is 0 Å². The Morgan fingerprint density at radius 2 is 1.46 bits per heavy atom. The van der Waals surface area contributed by atoms with Crippen molar-refractivity contribution in [2.75, 3.05) is 0 Å². The van der Waals surface area contributed by atoms with Crippen LogP contribution in [0, 0.1) is 41.2 Å². The molecule has 0 aliphatic heterocycles. The lowest BCUT2D eigenvalue weighted by Crippen LogP contribution is -2.25. The van der Waals surface area contributed by atoms with Crippen LogP contribution in [0.15, 0.2) is 49.1 Å². The van der Waals surface area contributed by atoms with Gasteiger partial charge in [0.1, 0.15) is 11.6 Å². The van der Waals surface area contributed by atoms with Gasteiger partial charge in [-0.25, -0.2) is 8.78 Å². The fourth-order valence-corrected chi connectivity index (χ4v) is 6.35. The molecular weight excluding hydrogens is 434 g/mol. The molecular formula is C33H40F2. The van der Waals surface area contributed by atoms with Crippen molar-refractivity contribution in [3.8, 4) is 11.8 Å². The number of hydrogen-bond donors (Lipinski definition) is 0. The zero-order valence-corrected chi connectivity index (χ0v) is 21.3. The molecule has 2 saturated carbocycles. The minimum atomic E-state index is -0.532. The zero-order valence-electron chi connectivity index (χ0n) is 21.3. The quantitative estimate of drug-likeness (QED) is 0.277. The van der Waals surface area contributed by atoms with Gasteiger partial charge in [0.15, 0.2) is 0 Å². The van der Waals surface area contributed by atoms with Crippen molar-refractivity contribution in [1.82, 2.24) is 0 Å². The van der Waals surface area contributed by atoms with E-state index in [0.29, 0.717) is 0 Å². The first-order chi connectivity index (χ1) is 17.1. The molecule has 4 rings (SSSR count). The average molecular weight is 475 g/mol. The second-order valence-electron chi connectivity index (χ2n) is 10.8. The molecule has 0 saturated heterocycles. The van der Waals surface area contributed by atoms with E-state index in [1.54, 1.807) is 0 Å². The number of aryl methyl sites for hydroxylation is 1. The summed E-state index contributed by atoms with van der Waals surface area (Å²) in [6.07, 6.45) is 16.5. The fraction of sp³-hybridized carbons (Fsp3) is 0.515. The maximum Gasteiger partial charge on any atom is 0.142 e. The van der Waals surface area contributed by atoms with E-state index >= 15 is 0 Å². The van der Waals surface area contributed by atoms with Crippen LogP contribution < -0.4 is 0 Å². The van der Waals surface area contributed by atoms with Crippen molar-refractivity contribution in [2.24, 2.45) is 17.8 Å². The summed E-state index contributed by atoms with van der Waals surface area (Å²) in [5.41, 5.74) is 2.72. The maximum atomic E-state index is 14.9. The van der Waals surface area contributed by atoms with E-state index in [1.807, 2.05) is 30.3 Å². The summed E-state index contributed by atoms with van der Waals surface area (Å²) in [6.45, 7) is 6.00. The van der Waals surface area contributed by atoms with Gasteiger partial charge in [0.2, 0.25) is 0 Å². The van der Waals surface area contributed by atoms with Crippen LogP contribution in [0.4, 0.5) is 8.78 Å². The van der Waals surface area contributed by atoms with Crippen molar-refractivity contribution in [3.05, 3.63) is 82.9 Å². The standard InChI is InChI=1S/C33H40F2/c1-3-5-7-25-12-15-27(16-13-25)28-17-19-29(20-18-28)30-22-32(34)31(33(35)23-30)21-14-26-10-8-24(6-4-2)9-11-26/h3,8-11,22-23,25,27-29H,1,4-7,12-13,15-20H2,2H3/t25-,27-,28-,29-. The van der Waals surface area contributed by atoms with Crippen molar-refractivity contribution in [2.45, 2.75) is 89.9 Å². The highest BCUT2D eigenvalue weighted by Crippen LogP contribution is 2.44. The van der Waals surface area contributed by atoms with Gasteiger partial charge >= 0.3 is 0 Å². The summed E-state index contributed by atoms with van der Waals surface area (Å²) in [7, 11) is 0. The molecule has 0 aromatic heterocycles. The molecule has 0 unspecified atom stereocenters. The largest absolute Gasteiger partial charge is 0.206 e. The van der Waals surface area contributed by atoms with E-state index in [9.17, 15) is 8.78 Å². The van der Waals surface area contributed by atoms with Gasteiger partial charge in [-0.05, 0) is 117 Å². The van der Waals surface area contributed by atoms with Crippen LogP contribution in [0.25, 0.3) is 0 Å². The van der Waals surface area contributed by atoms with Gasteiger partial charge in [-0.3, -0.25) is 0 Å². The molecule has 0 spiro atoms. The fourth-order valence-electron chi connectivity index (χ4n) is 6.35. The minimum Gasteiger partial charge on any atom is -0.206 e. The third-order valence-corrected chi connectivity index (χ3v) is 8.47. The highest BCUT2D eigenvalue weighted by atomic mass is 19.1. The van der Waals surface area contributed by atoms with Crippen molar-refractivity contribution < 1.29 is 8.78 Å². The van der Waals surface area contributed by atoms with Gasteiger partial charge in [0.05, 0.1) is 5.56 Å². The molecule has 0 N–H and O–H groups in total. The Balaban J connectivity index is 1.33. The van der Waals surface area contributed by atoms with Gasteiger partial charge in [-0.1, -0.05) is 56.2 Å². The number of rotatable bonds is 7. The first-order valence-corrected chi connectivity index (χ1v) is 13.8. The molecule has 0 radical (unpaired) electrons. The molecule has 2 aromatic carbocycles. The summed E-state index contributed by atoms with van der Waals surface area (Å²) < 4.78 is 29.8. The van der Waals surface area contributed by atoms with Crippen molar-refractivity contribution >= 4 is 0 Å². The number of benzene rings is 2. The van der Waals surface area contributed by atoms with Crippen LogP contribution in [-0.4, -0.2) is 0 Å². The van der Waals surface area contributed by atoms with Gasteiger partial charge in [0, 0.05) is 5.56 Å². The molecule has 2 aromatic rings. The highest BCUT2D eigenvalue weighted by molar-refractivity contribution is 5.46. The minimum absolute atomic E-state index is 0.117. The summed E-state index contributed by atoms with van der Waals surface area (Å²) in [5, 5.41) is 0. The van der Waals surface area contributed by atoms with Crippen LogP contribution in [0.1, 0.15) is 106 Å². The van der Waals surface area contributed by atoms with Crippen LogP contribution in [0.5, 0.6) is 0 Å². The number of halogens is 2. The molecule has 0 bridgehead atoms. The second kappa shape index (κ2) is 12.5. The van der Waals surface area contributed by atoms with Crippen LogP contribution in [0.3, 0.4) is 0 Å². The van der Waals surface area contributed by atoms with Crippen LogP contribution >= 0.6 is 0 Å². The van der Waals surface area contributed by atoms with Crippen LogP contribution in [-0.2, 0) is 6.42 Å². The average Bonchev–Trinajstić information content (AvgIpc) is 2.88. The van der Waals surface area contributed by atoms with E-state index in [-0.39, 0.29) is 11.5 Å². The molecule has 2 aliphatic carbocycles. The lowest BCUT2D eigenvalue weighted by molar-refractivity contribution is 0.157. The smallest absolute Gasteiger partial charge is 0.142 e.